The molecule has 2 N–H and O–H groups in total. The first-order chi connectivity index (χ1) is 6.15. The number of hydrogen-bond donors (Lipinski definition) is 1. The molecule has 2 nitrogen and oxygen atoms in total. The monoisotopic (exact) mass is 174 g/mol. The van der Waals surface area contributed by atoms with E-state index < -0.39 is 0 Å². The summed E-state index contributed by atoms with van der Waals surface area (Å²) in [6.07, 6.45) is 6.34. The third kappa shape index (κ3) is 2.22. The first-order valence-corrected chi connectivity index (χ1v) is 4.38. The molecule has 0 heterocycles. The van der Waals surface area contributed by atoms with Gasteiger partial charge >= 0.3 is 0 Å². The molecule has 1 rings (SSSR count). The molecule has 13 heavy (non-hydrogen) atoms. The van der Waals surface area contributed by atoms with E-state index in [0.717, 1.165) is 17.7 Å². The topological polar surface area (TPSA) is 49.8 Å². The van der Waals surface area contributed by atoms with Crippen LogP contribution in [0.1, 0.15) is 20.3 Å². The zero-order chi connectivity index (χ0) is 9.84. The van der Waals surface area contributed by atoms with Gasteiger partial charge in [0.05, 0.1) is 6.07 Å². The first-order valence-electron chi connectivity index (χ1n) is 4.38. The average Bonchev–Trinajstić information content (AvgIpc) is 2.10. The van der Waals surface area contributed by atoms with Crippen molar-refractivity contribution in [3.8, 4) is 6.07 Å². The second kappa shape index (κ2) is 3.95. The zero-order valence-corrected chi connectivity index (χ0v) is 8.04. The highest BCUT2D eigenvalue weighted by Gasteiger charge is 2.13. The van der Waals surface area contributed by atoms with E-state index in [1.165, 1.54) is 11.6 Å². The van der Waals surface area contributed by atoms with Gasteiger partial charge in [-0.05, 0) is 36.5 Å². The number of nitrogens with zero attached hydrogens (tertiary/aromatic N) is 1. The third-order valence-corrected chi connectivity index (χ3v) is 2.30. The van der Waals surface area contributed by atoms with Gasteiger partial charge in [0.15, 0.2) is 0 Å². The standard InChI is InChI=1S/C11H14N2/c1-8-6-10(4-3-5-12)7-9(2)11(8)13/h3-4,6,9H,7,13H2,1-2H3/b4-3+. The Morgan fingerprint density at radius 3 is 2.92 bits per heavy atom. The van der Waals surface area contributed by atoms with E-state index in [-0.39, 0.29) is 0 Å². The quantitative estimate of drug-likeness (QED) is 0.620. The molecule has 0 aromatic rings. The van der Waals surface area contributed by atoms with Crippen LogP contribution in [0.2, 0.25) is 0 Å². The smallest absolute Gasteiger partial charge is 0.0912 e. The van der Waals surface area contributed by atoms with Crippen LogP contribution in [-0.2, 0) is 0 Å². The van der Waals surface area contributed by atoms with E-state index in [1.807, 2.05) is 25.1 Å². The molecule has 0 fully saturated rings. The van der Waals surface area contributed by atoms with Gasteiger partial charge < -0.3 is 5.73 Å². The second-order valence-corrected chi connectivity index (χ2v) is 3.43. The Balaban J connectivity index is 2.88. The van der Waals surface area contributed by atoms with Crippen molar-refractivity contribution in [1.82, 2.24) is 0 Å². The van der Waals surface area contributed by atoms with Gasteiger partial charge in [0, 0.05) is 11.8 Å². The first kappa shape index (κ1) is 9.60. The lowest BCUT2D eigenvalue weighted by Gasteiger charge is -2.19. The summed E-state index contributed by atoms with van der Waals surface area (Å²) >= 11 is 0. The Morgan fingerprint density at radius 2 is 2.38 bits per heavy atom. The Kier molecular flexibility index (Phi) is 2.92. The lowest BCUT2D eigenvalue weighted by atomic mass is 9.89. The van der Waals surface area contributed by atoms with Crippen molar-refractivity contribution >= 4 is 0 Å². The number of allylic oxidation sites excluding steroid dienone is 6. The van der Waals surface area contributed by atoms with Crippen LogP contribution in [0.4, 0.5) is 0 Å². The van der Waals surface area contributed by atoms with Crippen molar-refractivity contribution in [2.45, 2.75) is 20.3 Å². The number of rotatable bonds is 1. The Hall–Kier alpha value is -1.49. The molecular weight excluding hydrogens is 160 g/mol. The fourth-order valence-corrected chi connectivity index (χ4v) is 1.53. The minimum atomic E-state index is 0.392. The molecule has 0 bridgehead atoms. The SMILES string of the molecule is CC1=C(N)C(C)CC(/C=C/C#N)=C1. The fraction of sp³-hybridized carbons (Fsp3) is 0.364. The normalized spacial score (nSPS) is 23.2. The Bertz CT molecular complexity index is 326. The van der Waals surface area contributed by atoms with E-state index in [0.29, 0.717) is 5.92 Å². The number of hydrogen-bond acceptors (Lipinski definition) is 2. The minimum absolute atomic E-state index is 0.392. The highest BCUT2D eigenvalue weighted by Crippen LogP contribution is 2.26. The van der Waals surface area contributed by atoms with Crippen LogP contribution >= 0.6 is 0 Å². The summed E-state index contributed by atoms with van der Waals surface area (Å²) in [6, 6.07) is 1.99. The molecular formula is C11H14N2. The molecule has 0 saturated carbocycles. The number of nitrogens with two attached hydrogens (primary N) is 1. The van der Waals surface area contributed by atoms with Crippen LogP contribution in [-0.4, -0.2) is 0 Å². The summed E-state index contributed by atoms with van der Waals surface area (Å²) in [6.45, 7) is 4.11. The van der Waals surface area contributed by atoms with E-state index in [1.54, 1.807) is 0 Å². The third-order valence-electron chi connectivity index (χ3n) is 2.30. The molecule has 1 aliphatic carbocycles. The predicted molar refractivity (Wildman–Crippen MR) is 53.5 cm³/mol. The molecule has 0 saturated heterocycles. The van der Waals surface area contributed by atoms with Gasteiger partial charge in [0.2, 0.25) is 0 Å². The van der Waals surface area contributed by atoms with Crippen LogP contribution in [0.3, 0.4) is 0 Å². The van der Waals surface area contributed by atoms with E-state index in [4.69, 9.17) is 11.0 Å². The van der Waals surface area contributed by atoms with E-state index >= 15 is 0 Å². The molecule has 0 aromatic carbocycles. The lowest BCUT2D eigenvalue weighted by Crippen LogP contribution is -2.14. The molecule has 1 unspecified atom stereocenters. The Morgan fingerprint density at radius 1 is 1.69 bits per heavy atom. The summed E-state index contributed by atoms with van der Waals surface area (Å²) in [4.78, 5) is 0. The van der Waals surface area contributed by atoms with Gasteiger partial charge in [-0.15, -0.1) is 0 Å². The minimum Gasteiger partial charge on any atom is -0.402 e. The summed E-state index contributed by atoms with van der Waals surface area (Å²) in [5, 5.41) is 8.38. The van der Waals surface area contributed by atoms with Gasteiger partial charge in [0.25, 0.3) is 0 Å². The molecule has 0 spiro atoms. The van der Waals surface area contributed by atoms with Crippen molar-refractivity contribution in [1.29, 1.82) is 5.26 Å². The highest BCUT2D eigenvalue weighted by molar-refractivity contribution is 5.38. The molecule has 0 aliphatic heterocycles. The van der Waals surface area contributed by atoms with Crippen LogP contribution in [0.25, 0.3) is 0 Å². The van der Waals surface area contributed by atoms with Gasteiger partial charge in [-0.3, -0.25) is 0 Å². The van der Waals surface area contributed by atoms with Gasteiger partial charge in [-0.1, -0.05) is 13.0 Å². The molecule has 0 amide bonds. The molecule has 1 atom stereocenters. The van der Waals surface area contributed by atoms with Crippen molar-refractivity contribution in [3.63, 3.8) is 0 Å². The molecule has 0 radical (unpaired) electrons. The molecule has 0 aromatic heterocycles. The molecule has 2 heteroatoms. The molecule has 1 aliphatic rings. The summed E-state index contributed by atoms with van der Waals surface area (Å²) in [7, 11) is 0. The summed E-state index contributed by atoms with van der Waals surface area (Å²) < 4.78 is 0. The maximum absolute atomic E-state index is 8.38. The Labute approximate surface area is 79.0 Å². The van der Waals surface area contributed by atoms with Gasteiger partial charge in [-0.2, -0.15) is 5.26 Å². The number of nitriles is 1. The van der Waals surface area contributed by atoms with E-state index in [9.17, 15) is 0 Å². The zero-order valence-electron chi connectivity index (χ0n) is 8.04. The van der Waals surface area contributed by atoms with Crippen molar-refractivity contribution < 1.29 is 0 Å². The van der Waals surface area contributed by atoms with Gasteiger partial charge in [0.1, 0.15) is 0 Å². The largest absolute Gasteiger partial charge is 0.402 e. The van der Waals surface area contributed by atoms with Gasteiger partial charge in [-0.25, -0.2) is 0 Å². The van der Waals surface area contributed by atoms with Crippen LogP contribution in [0.5, 0.6) is 0 Å². The summed E-state index contributed by atoms with van der Waals surface area (Å²) in [5.41, 5.74) is 9.13. The maximum atomic E-state index is 8.38. The van der Waals surface area contributed by atoms with E-state index in [2.05, 4.69) is 6.92 Å². The fourth-order valence-electron chi connectivity index (χ4n) is 1.53. The summed E-state index contributed by atoms with van der Waals surface area (Å²) in [5.74, 6) is 0.392. The van der Waals surface area contributed by atoms with Crippen molar-refractivity contribution in [2.24, 2.45) is 11.7 Å². The van der Waals surface area contributed by atoms with Crippen LogP contribution in [0.15, 0.2) is 35.1 Å². The van der Waals surface area contributed by atoms with Crippen LogP contribution < -0.4 is 5.73 Å². The highest BCUT2D eigenvalue weighted by atomic mass is 14.6. The second-order valence-electron chi connectivity index (χ2n) is 3.43. The van der Waals surface area contributed by atoms with Crippen LogP contribution in [0, 0.1) is 17.2 Å². The van der Waals surface area contributed by atoms with Crippen molar-refractivity contribution in [3.05, 3.63) is 35.1 Å². The molecule has 68 valence electrons. The van der Waals surface area contributed by atoms with Crippen molar-refractivity contribution in [2.75, 3.05) is 0 Å². The lowest BCUT2D eigenvalue weighted by molar-refractivity contribution is 0.653. The maximum Gasteiger partial charge on any atom is 0.0912 e. The average molecular weight is 174 g/mol. The predicted octanol–water partition coefficient (Wildman–Crippen LogP) is 2.27.